The van der Waals surface area contributed by atoms with Crippen LogP contribution >= 0.6 is 0 Å². The minimum Gasteiger partial charge on any atom is -0.349 e. The highest BCUT2D eigenvalue weighted by atomic mass is 16.6. The van der Waals surface area contributed by atoms with Gasteiger partial charge in [-0.1, -0.05) is 60.7 Å². The van der Waals surface area contributed by atoms with Gasteiger partial charge in [0.2, 0.25) is 0 Å². The highest BCUT2D eigenvalue weighted by molar-refractivity contribution is 5.22. The van der Waals surface area contributed by atoms with Crippen molar-refractivity contribution in [3.05, 3.63) is 71.8 Å². The Bertz CT molecular complexity index is 660. The normalized spacial score (nSPS) is 35.8. The molecule has 138 valence electrons. The molecule has 2 saturated heterocycles. The molecule has 2 fully saturated rings. The maximum absolute atomic E-state index is 6.52. The van der Waals surface area contributed by atoms with E-state index in [9.17, 15) is 0 Å². The molecule has 0 bridgehead atoms. The Morgan fingerprint density at radius 1 is 0.615 bits per heavy atom. The molecule has 4 heteroatoms. The highest BCUT2D eigenvalue weighted by Gasteiger charge is 2.49. The Hall–Kier alpha value is -1.72. The molecule has 0 amide bonds. The predicted molar refractivity (Wildman–Crippen MR) is 103 cm³/mol. The largest absolute Gasteiger partial charge is 0.349 e. The van der Waals surface area contributed by atoms with Crippen LogP contribution in [0.1, 0.15) is 37.2 Å². The van der Waals surface area contributed by atoms with E-state index in [2.05, 4.69) is 86.3 Å². The third-order valence-electron chi connectivity index (χ3n) is 6.04. The number of rotatable bonds is 3. The van der Waals surface area contributed by atoms with Crippen molar-refractivity contribution >= 4 is 0 Å². The van der Waals surface area contributed by atoms with Crippen molar-refractivity contribution in [3.8, 4) is 0 Å². The first-order chi connectivity index (χ1) is 12.6. The highest BCUT2D eigenvalue weighted by Crippen LogP contribution is 2.41. The van der Waals surface area contributed by atoms with Gasteiger partial charge >= 0.3 is 0 Å². The lowest BCUT2D eigenvalue weighted by atomic mass is 10.0. The van der Waals surface area contributed by atoms with Gasteiger partial charge in [-0.15, -0.1) is 0 Å². The van der Waals surface area contributed by atoms with Gasteiger partial charge in [-0.2, -0.15) is 0 Å². The maximum atomic E-state index is 6.52. The van der Waals surface area contributed by atoms with Crippen molar-refractivity contribution in [2.45, 2.75) is 50.6 Å². The number of ether oxygens (including phenoxy) is 2. The van der Waals surface area contributed by atoms with Crippen LogP contribution in [0.4, 0.5) is 0 Å². The molecule has 0 saturated carbocycles. The molecule has 0 N–H and O–H groups in total. The molecular weight excluding hydrogens is 324 g/mol. The molecule has 2 heterocycles. The lowest BCUT2D eigenvalue weighted by Gasteiger charge is -2.30. The van der Waals surface area contributed by atoms with Gasteiger partial charge in [-0.05, 0) is 39.1 Å². The second-order valence-electron chi connectivity index (χ2n) is 7.53. The smallest absolute Gasteiger partial charge is 0.151 e. The maximum Gasteiger partial charge on any atom is 0.151 e. The molecule has 26 heavy (non-hydrogen) atoms. The fourth-order valence-electron chi connectivity index (χ4n) is 4.15. The van der Waals surface area contributed by atoms with E-state index in [1.54, 1.807) is 0 Å². The Labute approximate surface area is 156 Å². The van der Waals surface area contributed by atoms with Crippen LogP contribution in [0.5, 0.6) is 0 Å². The standard InChI is InChI=1S/C22H28N2O2/c1-15-19(17-11-7-5-8-12-17)25-21(23(15)3)22-24(4)16(2)20(26-22)18-13-9-6-10-14-18/h5-16,19-22H,1-4H3. The summed E-state index contributed by atoms with van der Waals surface area (Å²) in [6.07, 6.45) is -0.0451. The van der Waals surface area contributed by atoms with Gasteiger partial charge in [0, 0.05) is 12.1 Å². The van der Waals surface area contributed by atoms with Crippen LogP contribution in [0.25, 0.3) is 0 Å². The Morgan fingerprint density at radius 2 is 0.962 bits per heavy atom. The van der Waals surface area contributed by atoms with Crippen LogP contribution < -0.4 is 0 Å². The Kier molecular flexibility index (Phi) is 4.84. The van der Waals surface area contributed by atoms with Gasteiger partial charge in [0.25, 0.3) is 0 Å². The number of hydrogen-bond donors (Lipinski definition) is 0. The number of likely N-dealkylation sites (N-methyl/N-ethyl adjacent to an activating group) is 2. The topological polar surface area (TPSA) is 24.9 Å². The summed E-state index contributed by atoms with van der Waals surface area (Å²) in [4.78, 5) is 4.61. The van der Waals surface area contributed by atoms with Crippen LogP contribution in [0.3, 0.4) is 0 Å². The van der Waals surface area contributed by atoms with E-state index >= 15 is 0 Å². The average molecular weight is 352 g/mol. The zero-order chi connectivity index (χ0) is 18.3. The van der Waals surface area contributed by atoms with Gasteiger partial charge < -0.3 is 9.47 Å². The molecule has 2 aliphatic rings. The Morgan fingerprint density at radius 3 is 1.31 bits per heavy atom. The van der Waals surface area contributed by atoms with Gasteiger partial charge in [0.1, 0.15) is 12.2 Å². The third kappa shape index (κ3) is 2.97. The van der Waals surface area contributed by atoms with Crippen molar-refractivity contribution in [3.63, 3.8) is 0 Å². The summed E-state index contributed by atoms with van der Waals surface area (Å²) >= 11 is 0. The molecule has 4 rings (SSSR count). The predicted octanol–water partition coefficient (Wildman–Crippen LogP) is 3.82. The first kappa shape index (κ1) is 17.7. The quantitative estimate of drug-likeness (QED) is 0.838. The summed E-state index contributed by atoms with van der Waals surface area (Å²) in [7, 11) is 4.27. The summed E-state index contributed by atoms with van der Waals surface area (Å²) < 4.78 is 13.0. The molecule has 2 aromatic rings. The van der Waals surface area contributed by atoms with E-state index in [1.807, 2.05) is 12.1 Å². The molecule has 0 aromatic heterocycles. The van der Waals surface area contributed by atoms with Crippen molar-refractivity contribution in [2.24, 2.45) is 0 Å². The lowest BCUT2D eigenvalue weighted by Crippen LogP contribution is -2.47. The molecule has 0 spiro atoms. The molecule has 2 aromatic carbocycles. The first-order valence-electron chi connectivity index (χ1n) is 9.42. The van der Waals surface area contributed by atoms with Crippen molar-refractivity contribution < 1.29 is 9.47 Å². The van der Waals surface area contributed by atoms with E-state index in [0.717, 1.165) is 0 Å². The summed E-state index contributed by atoms with van der Waals surface area (Å²) in [5, 5.41) is 0. The third-order valence-corrected chi connectivity index (χ3v) is 6.04. The number of nitrogens with zero attached hydrogens (tertiary/aromatic N) is 2. The number of hydrogen-bond acceptors (Lipinski definition) is 4. The number of benzene rings is 2. The summed E-state index contributed by atoms with van der Waals surface area (Å²) in [6, 6.07) is 21.6. The molecular formula is C22H28N2O2. The fourth-order valence-corrected chi connectivity index (χ4v) is 4.15. The Balaban J connectivity index is 1.56. The lowest BCUT2D eigenvalue weighted by molar-refractivity contribution is -0.134. The molecule has 4 nitrogen and oxygen atoms in total. The zero-order valence-electron chi connectivity index (χ0n) is 15.9. The van der Waals surface area contributed by atoms with Crippen molar-refractivity contribution in [2.75, 3.05) is 14.1 Å². The van der Waals surface area contributed by atoms with Crippen LogP contribution in [0.15, 0.2) is 60.7 Å². The van der Waals surface area contributed by atoms with E-state index in [0.29, 0.717) is 12.1 Å². The van der Waals surface area contributed by atoms with Gasteiger partial charge in [-0.3, -0.25) is 9.80 Å². The zero-order valence-corrected chi connectivity index (χ0v) is 15.9. The van der Waals surface area contributed by atoms with Crippen LogP contribution in [-0.2, 0) is 9.47 Å². The summed E-state index contributed by atoms with van der Waals surface area (Å²) in [5.74, 6) is 0. The van der Waals surface area contributed by atoms with E-state index in [4.69, 9.17) is 9.47 Å². The summed E-state index contributed by atoms with van der Waals surface area (Å²) in [5.41, 5.74) is 2.45. The second-order valence-corrected chi connectivity index (χ2v) is 7.53. The summed E-state index contributed by atoms with van der Waals surface area (Å²) in [6.45, 7) is 4.45. The van der Waals surface area contributed by atoms with Gasteiger partial charge in [0.15, 0.2) is 12.5 Å². The van der Waals surface area contributed by atoms with E-state index in [-0.39, 0.29) is 24.7 Å². The minimum absolute atomic E-state index is 0.0641. The molecule has 6 unspecified atom stereocenters. The van der Waals surface area contributed by atoms with Crippen LogP contribution in [-0.4, -0.2) is 48.4 Å². The van der Waals surface area contributed by atoms with Gasteiger partial charge in [-0.25, -0.2) is 0 Å². The van der Waals surface area contributed by atoms with E-state index < -0.39 is 0 Å². The van der Waals surface area contributed by atoms with E-state index in [1.165, 1.54) is 11.1 Å². The minimum atomic E-state index is -0.0867. The second kappa shape index (κ2) is 7.12. The average Bonchev–Trinajstić information content (AvgIpc) is 3.14. The molecule has 0 radical (unpaired) electrons. The SMILES string of the molecule is CC1C(c2ccccc2)OC(C2OC(c3ccccc3)C(C)N2C)N1C. The molecule has 0 aliphatic carbocycles. The monoisotopic (exact) mass is 352 g/mol. The van der Waals surface area contributed by atoms with Gasteiger partial charge in [0.05, 0.1) is 0 Å². The molecule has 2 aliphatic heterocycles. The van der Waals surface area contributed by atoms with Crippen molar-refractivity contribution in [1.82, 2.24) is 9.80 Å². The molecule has 6 atom stereocenters. The van der Waals surface area contributed by atoms with Crippen molar-refractivity contribution in [1.29, 1.82) is 0 Å². The van der Waals surface area contributed by atoms with Crippen LogP contribution in [0, 0.1) is 0 Å². The van der Waals surface area contributed by atoms with Crippen LogP contribution in [0.2, 0.25) is 0 Å². The fraction of sp³-hybridized carbons (Fsp3) is 0.455. The first-order valence-corrected chi connectivity index (χ1v) is 9.42.